The Bertz CT molecular complexity index is 585. The lowest BCUT2D eigenvalue weighted by atomic mass is 9.94. The summed E-state index contributed by atoms with van der Waals surface area (Å²) in [6.45, 7) is 4.67. The number of nitrogens with zero attached hydrogens (tertiary/aromatic N) is 2. The fraction of sp³-hybridized carbons (Fsp3) is 0.400. The van der Waals surface area contributed by atoms with E-state index in [1.54, 1.807) is 0 Å². The first-order chi connectivity index (χ1) is 9.45. The molecule has 1 unspecified atom stereocenters. The number of hydrogen-bond donors (Lipinski definition) is 1. The molecule has 0 amide bonds. The molecule has 5 heteroatoms. The number of halogens is 2. The van der Waals surface area contributed by atoms with Gasteiger partial charge in [-0.3, -0.25) is 4.68 Å². The molecule has 2 N–H and O–H groups in total. The lowest BCUT2D eigenvalue weighted by Crippen LogP contribution is -2.17. The summed E-state index contributed by atoms with van der Waals surface area (Å²) in [6, 6.07) is 7.60. The van der Waals surface area contributed by atoms with Gasteiger partial charge in [0, 0.05) is 35.2 Å². The first kappa shape index (κ1) is 15.4. The van der Waals surface area contributed by atoms with Crippen molar-refractivity contribution in [2.45, 2.75) is 25.7 Å². The Labute approximate surface area is 129 Å². The van der Waals surface area contributed by atoms with Gasteiger partial charge in [-0.05, 0) is 29.7 Å². The van der Waals surface area contributed by atoms with E-state index in [-0.39, 0.29) is 5.92 Å². The van der Waals surface area contributed by atoms with Crippen LogP contribution in [0.5, 0.6) is 0 Å². The zero-order chi connectivity index (χ0) is 14.9. The minimum atomic E-state index is -0.0544. The molecule has 1 aromatic heterocycles. The molecular weight excluding hydrogens is 293 g/mol. The Hall–Kier alpha value is -1.03. The van der Waals surface area contributed by atoms with Gasteiger partial charge in [0.25, 0.3) is 0 Å². The van der Waals surface area contributed by atoms with E-state index in [1.807, 2.05) is 29.9 Å². The van der Waals surface area contributed by atoms with Crippen LogP contribution in [0.3, 0.4) is 0 Å². The Balaban J connectivity index is 2.53. The SMILES string of the molecule is CC(C)c1cc(C(CN)c2c(Cl)cccc2Cl)n(C)n1. The van der Waals surface area contributed by atoms with Crippen molar-refractivity contribution in [3.63, 3.8) is 0 Å². The molecule has 108 valence electrons. The number of benzene rings is 1. The third-order valence-electron chi connectivity index (χ3n) is 3.47. The van der Waals surface area contributed by atoms with Gasteiger partial charge in [0.2, 0.25) is 0 Å². The third kappa shape index (κ3) is 2.85. The number of hydrogen-bond acceptors (Lipinski definition) is 2. The van der Waals surface area contributed by atoms with Crippen LogP contribution in [0.4, 0.5) is 0 Å². The quantitative estimate of drug-likeness (QED) is 0.929. The number of aryl methyl sites for hydroxylation is 1. The molecule has 0 saturated carbocycles. The van der Waals surface area contributed by atoms with Gasteiger partial charge in [-0.1, -0.05) is 43.1 Å². The second-order valence-corrected chi connectivity index (χ2v) is 6.01. The molecule has 0 spiro atoms. The molecule has 0 aliphatic heterocycles. The lowest BCUT2D eigenvalue weighted by molar-refractivity contribution is 0.649. The van der Waals surface area contributed by atoms with Crippen LogP contribution in [0.1, 0.15) is 42.6 Å². The van der Waals surface area contributed by atoms with Crippen LogP contribution in [-0.4, -0.2) is 16.3 Å². The summed E-state index contributed by atoms with van der Waals surface area (Å²) in [5.74, 6) is 0.316. The smallest absolute Gasteiger partial charge is 0.0653 e. The molecule has 20 heavy (non-hydrogen) atoms. The summed E-state index contributed by atoms with van der Waals surface area (Å²) < 4.78 is 1.87. The van der Waals surface area contributed by atoms with Crippen molar-refractivity contribution < 1.29 is 0 Å². The molecule has 0 saturated heterocycles. The highest BCUT2D eigenvalue weighted by molar-refractivity contribution is 6.36. The highest BCUT2D eigenvalue weighted by atomic mass is 35.5. The molecule has 0 bridgehead atoms. The van der Waals surface area contributed by atoms with Gasteiger partial charge in [-0.2, -0.15) is 5.10 Å². The van der Waals surface area contributed by atoms with E-state index in [0.29, 0.717) is 22.5 Å². The highest BCUT2D eigenvalue weighted by Crippen LogP contribution is 2.35. The highest BCUT2D eigenvalue weighted by Gasteiger charge is 2.23. The van der Waals surface area contributed by atoms with Gasteiger partial charge < -0.3 is 5.73 Å². The third-order valence-corrected chi connectivity index (χ3v) is 4.13. The Morgan fingerprint density at radius 3 is 2.30 bits per heavy atom. The van der Waals surface area contributed by atoms with Crippen molar-refractivity contribution in [3.05, 3.63) is 51.3 Å². The largest absolute Gasteiger partial charge is 0.329 e. The van der Waals surface area contributed by atoms with Gasteiger partial charge in [-0.15, -0.1) is 0 Å². The van der Waals surface area contributed by atoms with Crippen molar-refractivity contribution in [1.82, 2.24) is 9.78 Å². The normalized spacial score (nSPS) is 12.9. The summed E-state index contributed by atoms with van der Waals surface area (Å²) in [4.78, 5) is 0. The molecule has 2 aromatic rings. The molecule has 0 fully saturated rings. The summed E-state index contributed by atoms with van der Waals surface area (Å²) in [5.41, 5.74) is 8.92. The maximum atomic E-state index is 6.30. The van der Waals surface area contributed by atoms with Crippen molar-refractivity contribution in [2.75, 3.05) is 6.54 Å². The maximum Gasteiger partial charge on any atom is 0.0653 e. The fourth-order valence-electron chi connectivity index (χ4n) is 2.34. The molecule has 1 atom stereocenters. The van der Waals surface area contributed by atoms with Crippen LogP contribution in [0.2, 0.25) is 10.0 Å². The lowest BCUT2D eigenvalue weighted by Gasteiger charge is -2.18. The Morgan fingerprint density at radius 1 is 1.25 bits per heavy atom. The van der Waals surface area contributed by atoms with E-state index in [2.05, 4.69) is 25.0 Å². The van der Waals surface area contributed by atoms with Crippen LogP contribution in [0.15, 0.2) is 24.3 Å². The van der Waals surface area contributed by atoms with Crippen molar-refractivity contribution in [3.8, 4) is 0 Å². The molecular formula is C15H19Cl2N3. The predicted octanol–water partition coefficient (Wildman–Crippen LogP) is 3.94. The zero-order valence-corrected chi connectivity index (χ0v) is 13.4. The predicted molar refractivity (Wildman–Crippen MR) is 84.7 cm³/mol. The van der Waals surface area contributed by atoms with Gasteiger partial charge in [0.05, 0.1) is 5.69 Å². The average Bonchev–Trinajstić information content (AvgIpc) is 2.76. The van der Waals surface area contributed by atoms with Crippen LogP contribution in [0.25, 0.3) is 0 Å². The number of rotatable bonds is 4. The maximum absolute atomic E-state index is 6.30. The molecule has 0 radical (unpaired) electrons. The van der Waals surface area contributed by atoms with E-state index in [1.165, 1.54) is 0 Å². The summed E-state index contributed by atoms with van der Waals surface area (Å²) >= 11 is 12.6. The number of aromatic nitrogens is 2. The topological polar surface area (TPSA) is 43.8 Å². The van der Waals surface area contributed by atoms with Crippen molar-refractivity contribution >= 4 is 23.2 Å². The van der Waals surface area contributed by atoms with Crippen LogP contribution in [-0.2, 0) is 7.05 Å². The summed E-state index contributed by atoms with van der Waals surface area (Å²) in [7, 11) is 1.93. The molecule has 0 aliphatic rings. The summed E-state index contributed by atoms with van der Waals surface area (Å²) in [5, 5.41) is 5.82. The van der Waals surface area contributed by atoms with E-state index in [4.69, 9.17) is 28.9 Å². The first-order valence-electron chi connectivity index (χ1n) is 6.63. The van der Waals surface area contributed by atoms with Gasteiger partial charge in [0.1, 0.15) is 0 Å². The second kappa shape index (κ2) is 6.17. The van der Waals surface area contributed by atoms with E-state index < -0.39 is 0 Å². The molecule has 2 rings (SSSR count). The van der Waals surface area contributed by atoms with Crippen molar-refractivity contribution in [1.29, 1.82) is 0 Å². The van der Waals surface area contributed by atoms with Crippen LogP contribution < -0.4 is 5.73 Å². The minimum Gasteiger partial charge on any atom is -0.329 e. The van der Waals surface area contributed by atoms with Crippen LogP contribution in [0, 0.1) is 0 Å². The molecule has 1 heterocycles. The van der Waals surface area contributed by atoms with Gasteiger partial charge >= 0.3 is 0 Å². The monoisotopic (exact) mass is 311 g/mol. The Kier molecular flexibility index (Phi) is 4.74. The van der Waals surface area contributed by atoms with Gasteiger partial charge in [-0.25, -0.2) is 0 Å². The Morgan fingerprint density at radius 2 is 1.85 bits per heavy atom. The minimum absolute atomic E-state index is 0.0544. The average molecular weight is 312 g/mol. The van der Waals surface area contributed by atoms with E-state index in [9.17, 15) is 0 Å². The fourth-order valence-corrected chi connectivity index (χ4v) is 3.00. The van der Waals surface area contributed by atoms with E-state index in [0.717, 1.165) is 17.0 Å². The molecule has 3 nitrogen and oxygen atoms in total. The van der Waals surface area contributed by atoms with Crippen molar-refractivity contribution in [2.24, 2.45) is 12.8 Å². The second-order valence-electron chi connectivity index (χ2n) is 5.20. The first-order valence-corrected chi connectivity index (χ1v) is 7.39. The summed E-state index contributed by atoms with van der Waals surface area (Å²) in [6.07, 6.45) is 0. The molecule has 0 aliphatic carbocycles. The van der Waals surface area contributed by atoms with Gasteiger partial charge in [0.15, 0.2) is 0 Å². The van der Waals surface area contributed by atoms with E-state index >= 15 is 0 Å². The zero-order valence-electron chi connectivity index (χ0n) is 11.9. The number of nitrogens with two attached hydrogens (primary N) is 1. The van der Waals surface area contributed by atoms with Crippen LogP contribution >= 0.6 is 23.2 Å². The molecule has 1 aromatic carbocycles. The standard InChI is InChI=1S/C15H19Cl2N3/c1-9(2)13-7-14(20(3)19-13)10(8-18)15-11(16)5-4-6-12(15)17/h4-7,9-10H,8,18H2,1-3H3.